The van der Waals surface area contributed by atoms with E-state index in [9.17, 15) is 9.59 Å². The third kappa shape index (κ3) is 3.76. The first-order chi connectivity index (χ1) is 10.0. The lowest BCUT2D eigenvalue weighted by Gasteiger charge is -2.12. The van der Waals surface area contributed by atoms with Gasteiger partial charge in [0.15, 0.2) is 5.76 Å². The zero-order valence-electron chi connectivity index (χ0n) is 11.9. The van der Waals surface area contributed by atoms with Crippen molar-refractivity contribution in [2.45, 2.75) is 26.3 Å². The molecular weight excluding hydrogens is 292 g/mol. The van der Waals surface area contributed by atoms with E-state index >= 15 is 0 Å². The van der Waals surface area contributed by atoms with Gasteiger partial charge in [0.2, 0.25) is 5.91 Å². The van der Waals surface area contributed by atoms with Gasteiger partial charge in [-0.3, -0.25) is 9.59 Å². The van der Waals surface area contributed by atoms with Gasteiger partial charge >= 0.3 is 0 Å². The number of amides is 2. The summed E-state index contributed by atoms with van der Waals surface area (Å²) >= 11 is 5.89. The quantitative estimate of drug-likeness (QED) is 0.892. The number of hydrogen-bond acceptors (Lipinski definition) is 3. The van der Waals surface area contributed by atoms with E-state index in [4.69, 9.17) is 16.0 Å². The van der Waals surface area contributed by atoms with E-state index in [1.54, 1.807) is 31.2 Å². The number of carbonyl (C=O) groups is 2. The molecule has 1 aromatic carbocycles. The molecule has 0 saturated carbocycles. The fourth-order valence-electron chi connectivity index (χ4n) is 1.86. The molecule has 1 unspecified atom stereocenters. The van der Waals surface area contributed by atoms with Crippen LogP contribution in [0.1, 0.15) is 30.8 Å². The summed E-state index contributed by atoms with van der Waals surface area (Å²) in [5, 5.41) is 6.64. The van der Waals surface area contributed by atoms with Crippen molar-refractivity contribution in [2.24, 2.45) is 0 Å². The van der Waals surface area contributed by atoms with E-state index in [2.05, 4.69) is 10.6 Å². The highest BCUT2D eigenvalue weighted by Crippen LogP contribution is 2.22. The van der Waals surface area contributed by atoms with Crippen LogP contribution in [0.2, 0.25) is 5.02 Å². The Morgan fingerprint density at radius 2 is 2.10 bits per heavy atom. The molecule has 0 aliphatic rings. The first-order valence-electron chi connectivity index (χ1n) is 6.79. The van der Waals surface area contributed by atoms with E-state index in [1.165, 1.54) is 0 Å². The van der Waals surface area contributed by atoms with E-state index in [0.717, 1.165) is 11.8 Å². The first-order valence-corrected chi connectivity index (χ1v) is 7.16. The van der Waals surface area contributed by atoms with Crippen LogP contribution in [0.15, 0.2) is 28.7 Å². The Bertz CT molecular complexity index is 666. The molecule has 2 N–H and O–H groups in total. The Morgan fingerprint density at radius 1 is 1.33 bits per heavy atom. The van der Waals surface area contributed by atoms with Crippen LogP contribution in [0.4, 0.5) is 0 Å². The molecule has 2 amide bonds. The minimum Gasteiger partial charge on any atom is -0.451 e. The number of fused-ring (bicyclic) bond motifs is 1. The number of nitrogens with one attached hydrogen (secondary N) is 2. The van der Waals surface area contributed by atoms with Crippen LogP contribution in [0.3, 0.4) is 0 Å². The molecule has 1 atom stereocenters. The summed E-state index contributed by atoms with van der Waals surface area (Å²) in [6, 6.07) is 6.09. The molecule has 5 nitrogen and oxygen atoms in total. The molecule has 0 bridgehead atoms. The van der Waals surface area contributed by atoms with E-state index < -0.39 is 11.9 Å². The topological polar surface area (TPSA) is 71.3 Å². The van der Waals surface area contributed by atoms with E-state index in [-0.39, 0.29) is 11.7 Å². The molecule has 0 radical (unpaired) electrons. The normalized spacial score (nSPS) is 12.1. The Balaban J connectivity index is 2.06. The molecule has 0 fully saturated rings. The van der Waals surface area contributed by atoms with Gasteiger partial charge in [-0.1, -0.05) is 18.5 Å². The summed E-state index contributed by atoms with van der Waals surface area (Å²) in [7, 11) is 0. The van der Waals surface area contributed by atoms with Crippen molar-refractivity contribution < 1.29 is 14.0 Å². The minimum absolute atomic E-state index is 0.155. The minimum atomic E-state index is -0.624. The molecule has 0 aliphatic carbocycles. The van der Waals surface area contributed by atoms with Gasteiger partial charge in [0.1, 0.15) is 11.6 Å². The molecule has 6 heteroatoms. The highest BCUT2D eigenvalue weighted by Gasteiger charge is 2.18. The van der Waals surface area contributed by atoms with Crippen molar-refractivity contribution in [1.29, 1.82) is 0 Å². The summed E-state index contributed by atoms with van der Waals surface area (Å²) in [4.78, 5) is 23.8. The maximum atomic E-state index is 12.1. The van der Waals surface area contributed by atoms with Crippen molar-refractivity contribution in [3.63, 3.8) is 0 Å². The zero-order chi connectivity index (χ0) is 15.4. The van der Waals surface area contributed by atoms with Crippen molar-refractivity contribution in [3.8, 4) is 0 Å². The number of benzene rings is 1. The van der Waals surface area contributed by atoms with E-state index in [0.29, 0.717) is 17.2 Å². The average Bonchev–Trinajstić information content (AvgIpc) is 2.87. The lowest BCUT2D eigenvalue weighted by Crippen LogP contribution is -2.44. The number of carbonyl (C=O) groups excluding carboxylic acids is 2. The maximum Gasteiger partial charge on any atom is 0.287 e. The van der Waals surface area contributed by atoms with Crippen LogP contribution in [0.25, 0.3) is 11.0 Å². The lowest BCUT2D eigenvalue weighted by atomic mass is 10.2. The SMILES string of the molecule is CCCNC(=O)C(C)NC(=O)c1cc2cc(Cl)ccc2o1. The predicted octanol–water partition coefficient (Wildman–Crippen LogP) is 2.73. The van der Waals surface area contributed by atoms with Gasteiger partial charge in [-0.15, -0.1) is 0 Å². The molecule has 112 valence electrons. The van der Waals surface area contributed by atoms with Crippen LogP contribution in [-0.2, 0) is 4.79 Å². The van der Waals surface area contributed by atoms with Crippen LogP contribution in [0, 0.1) is 0 Å². The number of rotatable bonds is 5. The molecule has 0 saturated heterocycles. The molecule has 21 heavy (non-hydrogen) atoms. The second-order valence-electron chi connectivity index (χ2n) is 4.78. The van der Waals surface area contributed by atoms with Crippen LogP contribution in [-0.4, -0.2) is 24.4 Å². The maximum absolute atomic E-state index is 12.1. The van der Waals surface area contributed by atoms with Gasteiger partial charge < -0.3 is 15.1 Å². The first kappa shape index (κ1) is 15.4. The molecule has 1 heterocycles. The smallest absolute Gasteiger partial charge is 0.287 e. The van der Waals surface area contributed by atoms with Gasteiger partial charge in [-0.2, -0.15) is 0 Å². The third-order valence-electron chi connectivity index (χ3n) is 2.99. The van der Waals surface area contributed by atoms with Gasteiger partial charge in [0.05, 0.1) is 0 Å². The Kier molecular flexibility index (Phi) is 4.85. The second kappa shape index (κ2) is 6.63. The van der Waals surface area contributed by atoms with Gasteiger partial charge in [0, 0.05) is 17.0 Å². The Labute approximate surface area is 127 Å². The van der Waals surface area contributed by atoms with Crippen molar-refractivity contribution in [2.75, 3.05) is 6.54 Å². The van der Waals surface area contributed by atoms with Crippen molar-refractivity contribution >= 4 is 34.4 Å². The van der Waals surface area contributed by atoms with Crippen LogP contribution in [0.5, 0.6) is 0 Å². The summed E-state index contributed by atoms with van der Waals surface area (Å²) in [6.07, 6.45) is 0.844. The third-order valence-corrected chi connectivity index (χ3v) is 3.23. The molecular formula is C15H17ClN2O3. The van der Waals surface area contributed by atoms with Crippen molar-refractivity contribution in [1.82, 2.24) is 10.6 Å². The Morgan fingerprint density at radius 3 is 2.81 bits per heavy atom. The van der Waals surface area contributed by atoms with Gasteiger partial charge in [-0.05, 0) is 37.6 Å². The number of halogens is 1. The van der Waals surface area contributed by atoms with Crippen LogP contribution < -0.4 is 10.6 Å². The highest BCUT2D eigenvalue weighted by atomic mass is 35.5. The lowest BCUT2D eigenvalue weighted by molar-refractivity contribution is -0.122. The molecule has 2 aromatic rings. The molecule has 1 aromatic heterocycles. The largest absolute Gasteiger partial charge is 0.451 e. The summed E-state index contributed by atoms with van der Waals surface area (Å²) in [5.74, 6) is -0.492. The predicted molar refractivity (Wildman–Crippen MR) is 81.5 cm³/mol. The fourth-order valence-corrected chi connectivity index (χ4v) is 2.04. The number of furan rings is 1. The van der Waals surface area contributed by atoms with Gasteiger partial charge in [0.25, 0.3) is 5.91 Å². The van der Waals surface area contributed by atoms with E-state index in [1.807, 2.05) is 6.92 Å². The van der Waals surface area contributed by atoms with Crippen LogP contribution >= 0.6 is 11.6 Å². The fraction of sp³-hybridized carbons (Fsp3) is 0.333. The zero-order valence-corrected chi connectivity index (χ0v) is 12.7. The monoisotopic (exact) mass is 308 g/mol. The molecule has 0 aliphatic heterocycles. The highest BCUT2D eigenvalue weighted by molar-refractivity contribution is 6.31. The summed E-state index contributed by atoms with van der Waals surface area (Å²) in [5.41, 5.74) is 0.577. The Hall–Kier alpha value is -2.01. The number of hydrogen-bond donors (Lipinski definition) is 2. The molecule has 0 spiro atoms. The summed E-state index contributed by atoms with van der Waals surface area (Å²) in [6.45, 7) is 4.17. The van der Waals surface area contributed by atoms with Crippen molar-refractivity contribution in [3.05, 3.63) is 35.0 Å². The summed E-state index contributed by atoms with van der Waals surface area (Å²) < 4.78 is 5.44. The van der Waals surface area contributed by atoms with Gasteiger partial charge in [-0.25, -0.2) is 0 Å². The molecule has 2 rings (SSSR count). The average molecular weight is 309 g/mol. The second-order valence-corrected chi connectivity index (χ2v) is 5.22. The standard InChI is InChI=1S/C15H17ClN2O3/c1-3-6-17-14(19)9(2)18-15(20)13-8-10-7-11(16)4-5-12(10)21-13/h4-5,7-9H,3,6H2,1-2H3,(H,17,19)(H,18,20).